The summed E-state index contributed by atoms with van der Waals surface area (Å²) >= 11 is 11.9. The molecule has 1 fully saturated rings. The molecule has 0 radical (unpaired) electrons. The summed E-state index contributed by atoms with van der Waals surface area (Å²) in [4.78, 5) is 34.7. The Morgan fingerprint density at radius 1 is 1.08 bits per heavy atom. The Morgan fingerprint density at radius 3 is 2.53 bits per heavy atom. The summed E-state index contributed by atoms with van der Waals surface area (Å²) in [5.74, 6) is -0.348. The van der Waals surface area contributed by atoms with Gasteiger partial charge in [-0.3, -0.25) is 14.6 Å². The van der Waals surface area contributed by atoms with Gasteiger partial charge in [-0.25, -0.2) is 0 Å². The second kappa shape index (κ2) is 13.3. The van der Waals surface area contributed by atoms with Crippen molar-refractivity contribution in [3.8, 4) is 0 Å². The molecule has 9 heteroatoms. The van der Waals surface area contributed by atoms with Crippen LogP contribution in [0.5, 0.6) is 0 Å². The third-order valence-corrected chi connectivity index (χ3v) is 7.39. The number of pyridine rings is 1. The SMILES string of the molecule is CN(Cc1ccncc1)C(=O)[C@H](Cc1ccccc1)NC(=O)[C@@H]1CCCN1C(=S)NCc1ccccc1Cl. The molecule has 2 aromatic carbocycles. The van der Waals surface area contributed by atoms with Crippen molar-refractivity contribution in [2.45, 2.75) is 44.4 Å². The molecule has 2 N–H and O–H groups in total. The number of thiocarbonyl (C=S) groups is 1. The normalized spacial score (nSPS) is 15.5. The Hall–Kier alpha value is -3.49. The number of amides is 2. The number of rotatable bonds is 9. The van der Waals surface area contributed by atoms with Gasteiger partial charge in [-0.1, -0.05) is 60.1 Å². The number of likely N-dealkylation sites (N-methyl/N-ethyl adjacent to an activating group) is 1. The van der Waals surface area contributed by atoms with Crippen LogP contribution in [0.15, 0.2) is 79.1 Å². The third kappa shape index (κ3) is 7.30. The first-order valence-corrected chi connectivity index (χ1v) is 13.5. The lowest BCUT2D eigenvalue weighted by atomic mass is 10.0. The minimum absolute atomic E-state index is 0.150. The average Bonchev–Trinajstić information content (AvgIpc) is 3.43. The van der Waals surface area contributed by atoms with E-state index in [1.54, 1.807) is 24.3 Å². The Kier molecular flexibility index (Phi) is 9.67. The fraction of sp³-hybridized carbons (Fsp3) is 0.310. The number of hydrogen-bond donors (Lipinski definition) is 2. The molecule has 0 spiro atoms. The maximum Gasteiger partial charge on any atom is 0.245 e. The van der Waals surface area contributed by atoms with Crippen LogP contribution in [0.25, 0.3) is 0 Å². The van der Waals surface area contributed by atoms with Crippen LogP contribution in [0, 0.1) is 0 Å². The fourth-order valence-electron chi connectivity index (χ4n) is 4.62. The molecule has 1 saturated heterocycles. The quantitative estimate of drug-likeness (QED) is 0.393. The Morgan fingerprint density at radius 2 is 1.79 bits per heavy atom. The summed E-state index contributed by atoms with van der Waals surface area (Å²) in [5.41, 5.74) is 2.88. The molecule has 0 unspecified atom stereocenters. The molecule has 0 bridgehead atoms. The number of hydrogen-bond acceptors (Lipinski definition) is 4. The summed E-state index contributed by atoms with van der Waals surface area (Å²) in [6, 6.07) is 19.9. The van der Waals surface area contributed by atoms with E-state index in [4.69, 9.17) is 23.8 Å². The van der Waals surface area contributed by atoms with Crippen molar-refractivity contribution in [3.05, 3.63) is 101 Å². The third-order valence-electron chi connectivity index (χ3n) is 6.65. The van der Waals surface area contributed by atoms with Gasteiger partial charge in [0.25, 0.3) is 0 Å². The zero-order chi connectivity index (χ0) is 26.9. The molecule has 7 nitrogen and oxygen atoms in total. The van der Waals surface area contributed by atoms with E-state index in [-0.39, 0.29) is 11.8 Å². The van der Waals surface area contributed by atoms with E-state index in [0.29, 0.717) is 42.6 Å². The molecule has 0 aliphatic carbocycles. The topological polar surface area (TPSA) is 77.6 Å². The average molecular weight is 550 g/mol. The van der Waals surface area contributed by atoms with Crippen LogP contribution >= 0.6 is 23.8 Å². The van der Waals surface area contributed by atoms with Crippen LogP contribution in [0.3, 0.4) is 0 Å². The first kappa shape index (κ1) is 27.5. The summed E-state index contributed by atoms with van der Waals surface area (Å²) in [6.07, 6.45) is 5.31. The van der Waals surface area contributed by atoms with Gasteiger partial charge in [-0.15, -0.1) is 0 Å². The Bertz CT molecular complexity index is 1240. The molecule has 4 rings (SSSR count). The molecule has 2 atom stereocenters. The van der Waals surface area contributed by atoms with Gasteiger partial charge >= 0.3 is 0 Å². The van der Waals surface area contributed by atoms with Gasteiger partial charge in [-0.05, 0) is 59.9 Å². The second-order valence-electron chi connectivity index (χ2n) is 9.40. The summed E-state index contributed by atoms with van der Waals surface area (Å²) in [7, 11) is 1.75. The van der Waals surface area contributed by atoms with E-state index in [9.17, 15) is 9.59 Å². The van der Waals surface area contributed by atoms with Gasteiger partial charge in [0.15, 0.2) is 5.11 Å². The van der Waals surface area contributed by atoms with Crippen molar-refractivity contribution in [3.63, 3.8) is 0 Å². The zero-order valence-corrected chi connectivity index (χ0v) is 22.9. The molecule has 3 aromatic rings. The number of carbonyl (C=O) groups is 2. The van der Waals surface area contributed by atoms with E-state index in [1.165, 1.54) is 0 Å². The van der Waals surface area contributed by atoms with Gasteiger partial charge in [0.1, 0.15) is 12.1 Å². The smallest absolute Gasteiger partial charge is 0.245 e. The molecule has 1 aliphatic heterocycles. The number of aromatic nitrogens is 1. The van der Waals surface area contributed by atoms with Crippen molar-refractivity contribution in [1.82, 2.24) is 25.4 Å². The van der Waals surface area contributed by atoms with E-state index in [0.717, 1.165) is 23.1 Å². The number of nitrogens with one attached hydrogen (secondary N) is 2. The Balaban J connectivity index is 1.43. The minimum atomic E-state index is -0.705. The van der Waals surface area contributed by atoms with Gasteiger partial charge in [-0.2, -0.15) is 0 Å². The lowest BCUT2D eigenvalue weighted by Crippen LogP contribution is -2.55. The molecular formula is C29H32ClN5O2S. The van der Waals surface area contributed by atoms with Crippen LogP contribution < -0.4 is 10.6 Å². The highest BCUT2D eigenvalue weighted by Crippen LogP contribution is 2.20. The number of likely N-dealkylation sites (tertiary alicyclic amines) is 1. The highest BCUT2D eigenvalue weighted by atomic mass is 35.5. The van der Waals surface area contributed by atoms with Crippen molar-refractivity contribution in [2.75, 3.05) is 13.6 Å². The van der Waals surface area contributed by atoms with Crippen LogP contribution in [-0.4, -0.2) is 57.4 Å². The van der Waals surface area contributed by atoms with E-state index >= 15 is 0 Å². The standard InChI is InChI=1S/C29H32ClN5O2S/c1-34(20-22-13-15-31-16-14-22)28(37)25(18-21-8-3-2-4-9-21)33-27(36)26-12-7-17-35(26)29(38)32-19-23-10-5-6-11-24(23)30/h2-6,8-11,13-16,25-26H,7,12,17-20H2,1H3,(H,32,38)(H,33,36)/t25-,26-/m0/s1. The molecule has 38 heavy (non-hydrogen) atoms. The van der Waals surface area contributed by atoms with Crippen molar-refractivity contribution in [1.29, 1.82) is 0 Å². The number of benzene rings is 2. The fourth-order valence-corrected chi connectivity index (χ4v) is 5.11. The highest BCUT2D eigenvalue weighted by molar-refractivity contribution is 7.80. The predicted octanol–water partition coefficient (Wildman–Crippen LogP) is 3.96. The van der Waals surface area contributed by atoms with E-state index < -0.39 is 12.1 Å². The van der Waals surface area contributed by atoms with Gasteiger partial charge in [0.2, 0.25) is 11.8 Å². The predicted molar refractivity (Wildman–Crippen MR) is 153 cm³/mol. The maximum absolute atomic E-state index is 13.5. The molecule has 2 heterocycles. The number of nitrogens with zero attached hydrogens (tertiary/aromatic N) is 3. The van der Waals surface area contributed by atoms with Gasteiger partial charge < -0.3 is 20.4 Å². The van der Waals surface area contributed by atoms with Gasteiger partial charge in [0.05, 0.1) is 0 Å². The lowest BCUT2D eigenvalue weighted by Gasteiger charge is -2.30. The number of halogens is 1. The number of carbonyl (C=O) groups excluding carboxylic acids is 2. The summed E-state index contributed by atoms with van der Waals surface area (Å²) in [6.45, 7) is 1.57. The Labute approximate surface area is 234 Å². The van der Waals surface area contributed by atoms with E-state index in [2.05, 4.69) is 15.6 Å². The van der Waals surface area contributed by atoms with Crippen LogP contribution in [-0.2, 0) is 29.1 Å². The monoisotopic (exact) mass is 549 g/mol. The largest absolute Gasteiger partial charge is 0.358 e. The van der Waals surface area contributed by atoms with Crippen LogP contribution in [0.2, 0.25) is 5.02 Å². The van der Waals surface area contributed by atoms with Crippen molar-refractivity contribution < 1.29 is 9.59 Å². The van der Waals surface area contributed by atoms with Crippen molar-refractivity contribution in [2.24, 2.45) is 0 Å². The zero-order valence-electron chi connectivity index (χ0n) is 21.3. The lowest BCUT2D eigenvalue weighted by molar-refractivity contribution is -0.136. The molecule has 2 amide bonds. The maximum atomic E-state index is 13.5. The first-order valence-electron chi connectivity index (χ1n) is 12.7. The van der Waals surface area contributed by atoms with Crippen LogP contribution in [0.1, 0.15) is 29.5 Å². The van der Waals surface area contributed by atoms with Crippen LogP contribution in [0.4, 0.5) is 0 Å². The summed E-state index contributed by atoms with van der Waals surface area (Å²) in [5, 5.41) is 7.46. The molecule has 0 saturated carbocycles. The molecular weight excluding hydrogens is 518 g/mol. The molecule has 1 aliphatic rings. The molecule has 198 valence electrons. The highest BCUT2D eigenvalue weighted by Gasteiger charge is 2.35. The van der Waals surface area contributed by atoms with E-state index in [1.807, 2.05) is 71.6 Å². The first-order chi connectivity index (χ1) is 18.4. The van der Waals surface area contributed by atoms with Crippen molar-refractivity contribution >= 4 is 40.7 Å². The minimum Gasteiger partial charge on any atom is -0.358 e. The van der Waals surface area contributed by atoms with Gasteiger partial charge in [0, 0.05) is 50.5 Å². The summed E-state index contributed by atoms with van der Waals surface area (Å²) < 4.78 is 0. The molecule has 1 aromatic heterocycles. The second-order valence-corrected chi connectivity index (χ2v) is 10.2.